The maximum atomic E-state index is 11.8. The molecule has 0 bridgehead atoms. The molecule has 4 amide bonds. The first kappa shape index (κ1) is 15.6. The Balaban J connectivity index is 2.42. The molecule has 2 rings (SSSR count). The summed E-state index contributed by atoms with van der Waals surface area (Å²) in [7, 11) is 6.73. The van der Waals surface area contributed by atoms with Crippen molar-refractivity contribution in [3.63, 3.8) is 0 Å². The van der Waals surface area contributed by atoms with Crippen molar-refractivity contribution in [2.45, 2.75) is 0 Å². The summed E-state index contributed by atoms with van der Waals surface area (Å²) in [6.45, 7) is 0. The predicted molar refractivity (Wildman–Crippen MR) is 89.4 cm³/mol. The van der Waals surface area contributed by atoms with Crippen LogP contribution in [0.15, 0.2) is 36.4 Å². The second-order valence-electron chi connectivity index (χ2n) is 5.36. The quantitative estimate of drug-likeness (QED) is 0.895. The molecule has 0 aliphatic carbocycles. The summed E-state index contributed by atoms with van der Waals surface area (Å²) in [4.78, 5) is 26.6. The van der Waals surface area contributed by atoms with Crippen molar-refractivity contribution in [1.82, 2.24) is 9.80 Å². The van der Waals surface area contributed by atoms with Gasteiger partial charge in [0.25, 0.3) is 0 Å². The lowest BCUT2D eigenvalue weighted by atomic mass is 10.1. The zero-order valence-corrected chi connectivity index (χ0v) is 13.2. The van der Waals surface area contributed by atoms with Gasteiger partial charge in [0.05, 0.1) is 11.4 Å². The van der Waals surface area contributed by atoms with Gasteiger partial charge in [0, 0.05) is 39.0 Å². The summed E-state index contributed by atoms with van der Waals surface area (Å²) >= 11 is 0. The van der Waals surface area contributed by atoms with Crippen LogP contribution in [0, 0.1) is 0 Å². The molecule has 2 aromatic rings. The lowest BCUT2D eigenvalue weighted by Gasteiger charge is -2.16. The summed E-state index contributed by atoms with van der Waals surface area (Å²) in [5.41, 5.74) is 1.41. The second-order valence-corrected chi connectivity index (χ2v) is 5.36. The Labute approximate surface area is 129 Å². The van der Waals surface area contributed by atoms with Crippen molar-refractivity contribution >= 4 is 34.2 Å². The highest BCUT2D eigenvalue weighted by atomic mass is 16.2. The minimum Gasteiger partial charge on any atom is -0.331 e. The number of nitrogens with zero attached hydrogens (tertiary/aromatic N) is 2. The molecular weight excluding hydrogens is 280 g/mol. The highest BCUT2D eigenvalue weighted by Crippen LogP contribution is 2.29. The Kier molecular flexibility index (Phi) is 4.50. The number of fused-ring (bicyclic) bond motifs is 1. The van der Waals surface area contributed by atoms with E-state index in [9.17, 15) is 9.59 Å². The van der Waals surface area contributed by atoms with E-state index in [1.165, 1.54) is 9.80 Å². The number of hydrogen-bond donors (Lipinski definition) is 2. The Morgan fingerprint density at radius 3 is 1.41 bits per heavy atom. The van der Waals surface area contributed by atoms with Gasteiger partial charge < -0.3 is 20.4 Å². The smallest absolute Gasteiger partial charge is 0.321 e. The molecule has 116 valence electrons. The zero-order chi connectivity index (χ0) is 16.3. The molecule has 2 N–H and O–H groups in total. The molecular formula is C16H20N4O2. The second kappa shape index (κ2) is 6.34. The van der Waals surface area contributed by atoms with Gasteiger partial charge >= 0.3 is 12.1 Å². The van der Waals surface area contributed by atoms with Crippen LogP contribution in [0.4, 0.5) is 21.0 Å². The third-order valence-electron chi connectivity index (χ3n) is 3.22. The number of amides is 4. The molecule has 0 saturated heterocycles. The number of rotatable bonds is 2. The van der Waals surface area contributed by atoms with Crippen molar-refractivity contribution in [2.75, 3.05) is 38.8 Å². The minimum atomic E-state index is -0.199. The summed E-state index contributed by atoms with van der Waals surface area (Å²) in [5.74, 6) is 0. The van der Waals surface area contributed by atoms with Crippen LogP contribution in [0.2, 0.25) is 0 Å². The Morgan fingerprint density at radius 1 is 0.727 bits per heavy atom. The third kappa shape index (κ3) is 3.28. The molecule has 22 heavy (non-hydrogen) atoms. The molecule has 0 atom stereocenters. The highest BCUT2D eigenvalue weighted by Gasteiger charge is 2.11. The van der Waals surface area contributed by atoms with Crippen LogP contribution in [-0.2, 0) is 0 Å². The van der Waals surface area contributed by atoms with E-state index in [2.05, 4.69) is 10.6 Å². The number of nitrogens with one attached hydrogen (secondary N) is 2. The van der Waals surface area contributed by atoms with Crippen LogP contribution in [0.5, 0.6) is 0 Å². The molecule has 0 fully saturated rings. The van der Waals surface area contributed by atoms with Crippen LogP contribution < -0.4 is 10.6 Å². The fourth-order valence-corrected chi connectivity index (χ4v) is 1.98. The molecule has 0 aromatic heterocycles. The van der Waals surface area contributed by atoms with Gasteiger partial charge in [0.2, 0.25) is 0 Å². The number of carbonyl (C=O) groups is 2. The average molecular weight is 300 g/mol. The normalized spacial score (nSPS) is 10.2. The maximum Gasteiger partial charge on any atom is 0.321 e. The first-order chi connectivity index (χ1) is 10.4. The molecule has 0 spiro atoms. The van der Waals surface area contributed by atoms with Crippen molar-refractivity contribution in [3.8, 4) is 0 Å². The van der Waals surface area contributed by atoms with E-state index in [-0.39, 0.29) is 12.1 Å². The van der Waals surface area contributed by atoms with Gasteiger partial charge in [-0.05, 0) is 12.1 Å². The molecule has 0 aliphatic rings. The Hall–Kier alpha value is -2.76. The number of anilines is 2. The van der Waals surface area contributed by atoms with E-state index in [1.807, 2.05) is 36.4 Å². The van der Waals surface area contributed by atoms with Gasteiger partial charge in [-0.15, -0.1) is 0 Å². The van der Waals surface area contributed by atoms with E-state index in [0.29, 0.717) is 11.4 Å². The van der Waals surface area contributed by atoms with Crippen LogP contribution >= 0.6 is 0 Å². The maximum absolute atomic E-state index is 11.8. The van der Waals surface area contributed by atoms with Gasteiger partial charge in [-0.25, -0.2) is 9.59 Å². The third-order valence-corrected chi connectivity index (χ3v) is 3.22. The first-order valence-electron chi connectivity index (χ1n) is 6.88. The minimum absolute atomic E-state index is 0.199. The predicted octanol–water partition coefficient (Wildman–Crippen LogP) is 3.03. The van der Waals surface area contributed by atoms with Crippen LogP contribution in [0.3, 0.4) is 0 Å². The largest absolute Gasteiger partial charge is 0.331 e. The molecule has 6 heteroatoms. The van der Waals surface area contributed by atoms with E-state index < -0.39 is 0 Å². The standard InChI is InChI=1S/C16H20N4O2/c1-19(2)15(21)17-13-9-5-8-12-11(13)7-6-10-14(12)18-16(22)20(3)4/h5-10H,1-4H3,(H,17,21)(H,18,22). The van der Waals surface area contributed by atoms with Gasteiger partial charge in [-0.1, -0.05) is 24.3 Å². The zero-order valence-electron chi connectivity index (χ0n) is 13.2. The topological polar surface area (TPSA) is 64.7 Å². The van der Waals surface area contributed by atoms with Gasteiger partial charge in [-0.2, -0.15) is 0 Å². The Morgan fingerprint density at radius 2 is 1.09 bits per heavy atom. The lowest BCUT2D eigenvalue weighted by molar-refractivity contribution is 0.230. The van der Waals surface area contributed by atoms with Gasteiger partial charge in [0.15, 0.2) is 0 Å². The number of carbonyl (C=O) groups excluding carboxylic acids is 2. The summed E-state index contributed by atoms with van der Waals surface area (Å²) in [6, 6.07) is 10.8. The monoisotopic (exact) mass is 300 g/mol. The summed E-state index contributed by atoms with van der Waals surface area (Å²) in [6.07, 6.45) is 0. The SMILES string of the molecule is CN(C)C(=O)Nc1cccc2c(NC(=O)N(C)C)cccc12. The average Bonchev–Trinajstić information content (AvgIpc) is 2.47. The lowest BCUT2D eigenvalue weighted by Crippen LogP contribution is -2.28. The fraction of sp³-hybridized carbons (Fsp3) is 0.250. The number of urea groups is 2. The van der Waals surface area contributed by atoms with Gasteiger partial charge in [-0.3, -0.25) is 0 Å². The first-order valence-corrected chi connectivity index (χ1v) is 6.88. The highest BCUT2D eigenvalue weighted by molar-refractivity contribution is 6.08. The molecule has 0 radical (unpaired) electrons. The summed E-state index contributed by atoms with van der Waals surface area (Å²) < 4.78 is 0. The van der Waals surface area contributed by atoms with Crippen molar-refractivity contribution < 1.29 is 9.59 Å². The van der Waals surface area contributed by atoms with Crippen LogP contribution in [0.25, 0.3) is 10.8 Å². The number of benzene rings is 2. The van der Waals surface area contributed by atoms with Crippen LogP contribution in [-0.4, -0.2) is 50.1 Å². The van der Waals surface area contributed by atoms with E-state index >= 15 is 0 Å². The molecule has 0 unspecified atom stereocenters. The molecule has 0 aliphatic heterocycles. The summed E-state index contributed by atoms with van der Waals surface area (Å²) in [5, 5.41) is 7.44. The van der Waals surface area contributed by atoms with Crippen LogP contribution in [0.1, 0.15) is 0 Å². The molecule has 6 nitrogen and oxygen atoms in total. The molecule has 0 heterocycles. The van der Waals surface area contributed by atoms with Crippen molar-refractivity contribution in [1.29, 1.82) is 0 Å². The molecule has 2 aromatic carbocycles. The fourth-order valence-electron chi connectivity index (χ4n) is 1.98. The molecule has 0 saturated carbocycles. The Bertz CT molecular complexity index is 649. The van der Waals surface area contributed by atoms with E-state index in [1.54, 1.807) is 28.2 Å². The van der Waals surface area contributed by atoms with E-state index in [4.69, 9.17) is 0 Å². The van der Waals surface area contributed by atoms with Crippen molar-refractivity contribution in [3.05, 3.63) is 36.4 Å². The number of hydrogen-bond acceptors (Lipinski definition) is 2. The van der Waals surface area contributed by atoms with Crippen molar-refractivity contribution in [2.24, 2.45) is 0 Å². The van der Waals surface area contributed by atoms with E-state index in [0.717, 1.165) is 10.8 Å². The van der Waals surface area contributed by atoms with Gasteiger partial charge in [0.1, 0.15) is 0 Å².